The minimum atomic E-state index is -0.848. The molecule has 0 aliphatic carbocycles. The van der Waals surface area contributed by atoms with Gasteiger partial charge in [0.05, 0.1) is 14.2 Å². The van der Waals surface area contributed by atoms with Gasteiger partial charge in [-0.25, -0.2) is 0 Å². The van der Waals surface area contributed by atoms with Crippen LogP contribution in [0.5, 0.6) is 11.5 Å². The minimum Gasteiger partial charge on any atom is -0.493 e. The SMILES string of the molecule is COc1cc(Br)c(C2OC(N)=NC2=O)cc1OC. The summed E-state index contributed by atoms with van der Waals surface area (Å²) in [7, 11) is 3.04. The molecule has 18 heavy (non-hydrogen) atoms. The standard InChI is InChI=1S/C11H11BrN2O4/c1-16-7-3-5(6(12)4-8(7)17-2)9-10(15)14-11(13)18-9/h3-4,9H,1-2H3,(H2,13,14,15). The van der Waals surface area contributed by atoms with Crippen LogP contribution in [0.15, 0.2) is 21.6 Å². The second-order valence-electron chi connectivity index (χ2n) is 3.51. The van der Waals surface area contributed by atoms with Crippen LogP contribution < -0.4 is 15.2 Å². The van der Waals surface area contributed by atoms with Gasteiger partial charge in [-0.15, -0.1) is 0 Å². The van der Waals surface area contributed by atoms with Crippen LogP contribution in [0.2, 0.25) is 0 Å². The highest BCUT2D eigenvalue weighted by Crippen LogP contribution is 2.38. The van der Waals surface area contributed by atoms with Crippen LogP contribution in [0.1, 0.15) is 11.7 Å². The van der Waals surface area contributed by atoms with E-state index < -0.39 is 12.0 Å². The molecule has 1 atom stereocenters. The van der Waals surface area contributed by atoms with Crippen LogP contribution in [-0.4, -0.2) is 26.1 Å². The molecule has 0 aromatic heterocycles. The molecule has 7 heteroatoms. The zero-order valence-corrected chi connectivity index (χ0v) is 11.4. The third kappa shape index (κ3) is 2.13. The molecule has 1 aromatic carbocycles. The number of halogens is 1. The van der Waals surface area contributed by atoms with Crippen molar-refractivity contribution in [3.05, 3.63) is 22.2 Å². The molecule has 1 aliphatic heterocycles. The van der Waals surface area contributed by atoms with E-state index in [1.165, 1.54) is 14.2 Å². The van der Waals surface area contributed by atoms with E-state index in [2.05, 4.69) is 20.9 Å². The largest absolute Gasteiger partial charge is 0.493 e. The maximum absolute atomic E-state index is 11.6. The van der Waals surface area contributed by atoms with E-state index in [0.717, 1.165) is 0 Å². The van der Waals surface area contributed by atoms with Crippen molar-refractivity contribution in [2.75, 3.05) is 14.2 Å². The lowest BCUT2D eigenvalue weighted by Gasteiger charge is -2.14. The highest BCUT2D eigenvalue weighted by atomic mass is 79.9. The number of carbonyl (C=O) groups excluding carboxylic acids is 1. The number of hydrogen-bond acceptors (Lipinski definition) is 5. The molecule has 1 aliphatic rings. The number of aliphatic imine (C=N–C) groups is 1. The lowest BCUT2D eigenvalue weighted by molar-refractivity contribution is -0.122. The van der Waals surface area contributed by atoms with E-state index in [4.69, 9.17) is 19.9 Å². The molecule has 1 unspecified atom stereocenters. The van der Waals surface area contributed by atoms with E-state index in [-0.39, 0.29) is 6.02 Å². The van der Waals surface area contributed by atoms with Crippen molar-refractivity contribution in [1.82, 2.24) is 0 Å². The fourth-order valence-corrected chi connectivity index (χ4v) is 2.16. The van der Waals surface area contributed by atoms with Crippen molar-refractivity contribution in [2.24, 2.45) is 10.7 Å². The first kappa shape index (κ1) is 12.7. The molecule has 0 bridgehead atoms. The highest BCUT2D eigenvalue weighted by Gasteiger charge is 2.32. The number of benzene rings is 1. The van der Waals surface area contributed by atoms with Gasteiger partial charge in [0.25, 0.3) is 11.9 Å². The predicted octanol–water partition coefficient (Wildman–Crippen LogP) is 1.38. The first-order chi connectivity index (χ1) is 8.56. The molecule has 6 nitrogen and oxygen atoms in total. The molecule has 0 fully saturated rings. The average molecular weight is 315 g/mol. The topological polar surface area (TPSA) is 83.1 Å². The molecule has 1 amide bonds. The van der Waals surface area contributed by atoms with E-state index in [9.17, 15) is 4.79 Å². The fraction of sp³-hybridized carbons (Fsp3) is 0.273. The van der Waals surface area contributed by atoms with Crippen molar-refractivity contribution >= 4 is 27.9 Å². The molecule has 0 saturated heterocycles. The Morgan fingerprint density at radius 1 is 1.33 bits per heavy atom. The number of hydrogen-bond donors (Lipinski definition) is 1. The molecule has 96 valence electrons. The van der Waals surface area contributed by atoms with Crippen LogP contribution in [0, 0.1) is 0 Å². The van der Waals surface area contributed by atoms with Gasteiger partial charge in [0.1, 0.15) is 0 Å². The summed E-state index contributed by atoms with van der Waals surface area (Å²) in [5.74, 6) is 0.602. The van der Waals surface area contributed by atoms with Gasteiger partial charge in [0.15, 0.2) is 11.5 Å². The van der Waals surface area contributed by atoms with Gasteiger partial charge >= 0.3 is 0 Å². The first-order valence-corrected chi connectivity index (χ1v) is 5.82. The quantitative estimate of drug-likeness (QED) is 0.911. The number of methoxy groups -OCH3 is 2. The van der Waals surface area contributed by atoms with E-state index in [1.807, 2.05) is 0 Å². The summed E-state index contributed by atoms with van der Waals surface area (Å²) in [6.07, 6.45) is -0.848. The van der Waals surface area contributed by atoms with E-state index in [0.29, 0.717) is 21.5 Å². The Morgan fingerprint density at radius 2 is 1.94 bits per heavy atom. The Balaban J connectivity index is 2.43. The summed E-state index contributed by atoms with van der Waals surface area (Å²) in [6.45, 7) is 0. The second-order valence-corrected chi connectivity index (χ2v) is 4.37. The Labute approximate surface area is 112 Å². The van der Waals surface area contributed by atoms with Gasteiger partial charge in [0.2, 0.25) is 6.10 Å². The lowest BCUT2D eigenvalue weighted by Crippen LogP contribution is -2.14. The summed E-state index contributed by atoms with van der Waals surface area (Å²) >= 11 is 3.35. The van der Waals surface area contributed by atoms with Crippen LogP contribution in [0.25, 0.3) is 0 Å². The minimum absolute atomic E-state index is 0.133. The van der Waals surface area contributed by atoms with Crippen LogP contribution in [0.4, 0.5) is 0 Å². The molecule has 0 saturated carbocycles. The zero-order chi connectivity index (χ0) is 13.3. The van der Waals surface area contributed by atoms with E-state index >= 15 is 0 Å². The first-order valence-electron chi connectivity index (χ1n) is 5.03. The lowest BCUT2D eigenvalue weighted by atomic mass is 10.1. The predicted molar refractivity (Wildman–Crippen MR) is 67.7 cm³/mol. The van der Waals surface area contributed by atoms with Gasteiger partial charge in [-0.05, 0) is 12.1 Å². The second kappa shape index (κ2) is 4.85. The summed E-state index contributed by atoms with van der Waals surface area (Å²) in [5, 5.41) is 0. The van der Waals surface area contributed by atoms with Crippen LogP contribution in [-0.2, 0) is 9.53 Å². The van der Waals surface area contributed by atoms with Crippen molar-refractivity contribution in [1.29, 1.82) is 0 Å². The smallest absolute Gasteiger partial charge is 0.296 e. The van der Waals surface area contributed by atoms with Gasteiger partial charge in [-0.2, -0.15) is 4.99 Å². The van der Waals surface area contributed by atoms with Crippen molar-refractivity contribution in [2.45, 2.75) is 6.10 Å². The van der Waals surface area contributed by atoms with E-state index in [1.54, 1.807) is 12.1 Å². The molecule has 0 spiro atoms. The number of ether oxygens (including phenoxy) is 3. The van der Waals surface area contributed by atoms with Crippen LogP contribution >= 0.6 is 15.9 Å². The summed E-state index contributed by atoms with van der Waals surface area (Å²) in [4.78, 5) is 15.1. The van der Waals surface area contributed by atoms with Crippen molar-refractivity contribution < 1.29 is 19.0 Å². The molecule has 2 N–H and O–H groups in total. The van der Waals surface area contributed by atoms with Gasteiger partial charge < -0.3 is 19.9 Å². The van der Waals surface area contributed by atoms with Gasteiger partial charge in [0, 0.05) is 10.0 Å². The molecular formula is C11H11BrN2O4. The fourth-order valence-electron chi connectivity index (χ4n) is 1.63. The molecule has 2 rings (SSSR count). The number of nitrogens with two attached hydrogens (primary N) is 1. The summed E-state index contributed by atoms with van der Waals surface area (Å²) < 4.78 is 16.1. The van der Waals surface area contributed by atoms with Crippen molar-refractivity contribution in [3.8, 4) is 11.5 Å². The Bertz CT molecular complexity index is 530. The number of carbonyl (C=O) groups is 1. The Hall–Kier alpha value is -1.76. The third-order valence-corrected chi connectivity index (χ3v) is 3.16. The van der Waals surface area contributed by atoms with Crippen molar-refractivity contribution in [3.63, 3.8) is 0 Å². The molecule has 1 heterocycles. The number of amidine groups is 1. The number of rotatable bonds is 3. The Morgan fingerprint density at radius 3 is 2.44 bits per heavy atom. The zero-order valence-electron chi connectivity index (χ0n) is 9.77. The van der Waals surface area contributed by atoms with Gasteiger partial charge in [-0.3, -0.25) is 4.79 Å². The molecule has 1 aromatic rings. The van der Waals surface area contributed by atoms with Gasteiger partial charge in [-0.1, -0.05) is 15.9 Å². The normalized spacial score (nSPS) is 18.3. The monoisotopic (exact) mass is 314 g/mol. The number of amides is 1. The molecular weight excluding hydrogens is 304 g/mol. The maximum atomic E-state index is 11.6. The highest BCUT2D eigenvalue weighted by molar-refractivity contribution is 9.10. The third-order valence-electron chi connectivity index (χ3n) is 2.47. The summed E-state index contributed by atoms with van der Waals surface area (Å²) in [6, 6.07) is 3.21. The number of nitrogens with zero attached hydrogens (tertiary/aromatic N) is 1. The Kier molecular flexibility index (Phi) is 3.42. The summed E-state index contributed by atoms with van der Waals surface area (Å²) in [5.41, 5.74) is 5.95. The maximum Gasteiger partial charge on any atom is 0.296 e. The molecule has 0 radical (unpaired) electrons. The average Bonchev–Trinajstić information content (AvgIpc) is 2.68. The van der Waals surface area contributed by atoms with Crippen LogP contribution in [0.3, 0.4) is 0 Å².